The Hall–Kier alpha value is -0.890. The zero-order valence-electron chi connectivity index (χ0n) is 11.5. The normalized spacial score (nSPS) is 20.4. The van der Waals surface area contributed by atoms with Crippen LogP contribution >= 0.6 is 11.6 Å². The van der Waals surface area contributed by atoms with Crippen molar-refractivity contribution in [3.05, 3.63) is 18.3 Å². The highest BCUT2D eigenvalue weighted by Crippen LogP contribution is 2.20. The maximum Gasteiger partial charge on any atom is 0.244 e. The number of morpholine rings is 1. The number of hydrogen-bond acceptors (Lipinski definition) is 5. The first kappa shape index (κ1) is 15.5. The average molecular weight is 320 g/mol. The molecule has 1 unspecified atom stereocenters. The molecule has 0 spiro atoms. The number of sulfonamides is 1. The third kappa shape index (κ3) is 3.06. The van der Waals surface area contributed by atoms with Gasteiger partial charge < -0.3 is 9.64 Å². The lowest BCUT2D eigenvalue weighted by atomic mass is 10.2. The molecule has 0 aromatic carbocycles. The molecule has 112 valence electrons. The van der Waals surface area contributed by atoms with Gasteiger partial charge in [0.15, 0.2) is 0 Å². The van der Waals surface area contributed by atoms with Crippen LogP contribution in [0.25, 0.3) is 0 Å². The van der Waals surface area contributed by atoms with E-state index >= 15 is 0 Å². The lowest BCUT2D eigenvalue weighted by Crippen LogP contribution is -2.47. The topological polar surface area (TPSA) is 62.7 Å². The molecule has 2 heterocycles. The Bertz CT molecular complexity index is 548. The largest absolute Gasteiger partial charge is 0.377 e. The molecule has 1 atom stereocenters. The van der Waals surface area contributed by atoms with Gasteiger partial charge in [-0.15, -0.1) is 11.6 Å². The van der Waals surface area contributed by atoms with Crippen molar-refractivity contribution in [3.8, 4) is 0 Å². The summed E-state index contributed by atoms with van der Waals surface area (Å²) in [7, 11) is -0.452. The first-order valence-corrected chi connectivity index (χ1v) is 8.23. The molecular weight excluding hydrogens is 302 g/mol. The van der Waals surface area contributed by atoms with Crippen LogP contribution in [0, 0.1) is 0 Å². The van der Waals surface area contributed by atoms with Crippen LogP contribution in [0.3, 0.4) is 0 Å². The summed E-state index contributed by atoms with van der Waals surface area (Å²) in [6, 6.07) is 3.34. The molecule has 0 saturated carbocycles. The molecular formula is C12H18ClN3O3S. The molecule has 2 rings (SSSR count). The van der Waals surface area contributed by atoms with Gasteiger partial charge in [-0.25, -0.2) is 17.7 Å². The molecule has 1 aliphatic rings. The predicted octanol–water partition coefficient (Wildman–Crippen LogP) is 0.776. The van der Waals surface area contributed by atoms with Gasteiger partial charge in [-0.2, -0.15) is 0 Å². The van der Waals surface area contributed by atoms with Gasteiger partial charge in [0.05, 0.1) is 19.3 Å². The van der Waals surface area contributed by atoms with Crippen molar-refractivity contribution in [1.82, 2.24) is 9.29 Å². The maximum atomic E-state index is 12.0. The number of pyridine rings is 1. The Morgan fingerprint density at radius 3 is 2.80 bits per heavy atom. The maximum absolute atomic E-state index is 12.0. The van der Waals surface area contributed by atoms with E-state index in [4.69, 9.17) is 16.3 Å². The Morgan fingerprint density at radius 2 is 2.25 bits per heavy atom. The van der Waals surface area contributed by atoms with Gasteiger partial charge in [0.2, 0.25) is 10.0 Å². The minimum absolute atomic E-state index is 0.0641. The first-order chi connectivity index (χ1) is 9.46. The second kappa shape index (κ2) is 6.26. The molecule has 0 amide bonds. The Kier molecular flexibility index (Phi) is 4.85. The number of halogens is 1. The molecule has 0 N–H and O–H groups in total. The second-order valence-corrected chi connectivity index (χ2v) is 7.18. The quantitative estimate of drug-likeness (QED) is 0.767. The molecule has 8 heteroatoms. The molecule has 6 nitrogen and oxygen atoms in total. The highest BCUT2D eigenvalue weighted by molar-refractivity contribution is 7.89. The molecule has 1 fully saturated rings. The number of rotatable bonds is 4. The van der Waals surface area contributed by atoms with Crippen LogP contribution in [0.15, 0.2) is 23.2 Å². The van der Waals surface area contributed by atoms with E-state index in [1.807, 2.05) is 4.90 Å². The fraction of sp³-hybridized carbons (Fsp3) is 0.583. The standard InChI is InChI=1S/C12H18ClN3O3S/c1-15(2)20(17,18)11-3-4-12(14-8-11)16-5-6-19-9-10(16)7-13/h3-4,8,10H,5-7,9H2,1-2H3. The van der Waals surface area contributed by atoms with E-state index in [9.17, 15) is 8.42 Å². The molecule has 1 aromatic heterocycles. The highest BCUT2D eigenvalue weighted by Gasteiger charge is 2.24. The number of anilines is 1. The van der Waals surface area contributed by atoms with Gasteiger partial charge in [-0.1, -0.05) is 0 Å². The van der Waals surface area contributed by atoms with E-state index in [2.05, 4.69) is 4.98 Å². The smallest absolute Gasteiger partial charge is 0.244 e. The Morgan fingerprint density at radius 1 is 1.50 bits per heavy atom. The van der Waals surface area contributed by atoms with Crippen LogP contribution in [0.5, 0.6) is 0 Å². The highest BCUT2D eigenvalue weighted by atomic mass is 35.5. The minimum atomic E-state index is -3.44. The molecule has 20 heavy (non-hydrogen) atoms. The van der Waals surface area contributed by atoms with Gasteiger partial charge in [-0.05, 0) is 12.1 Å². The molecule has 0 radical (unpaired) electrons. The molecule has 1 aromatic rings. The molecule has 0 aliphatic carbocycles. The summed E-state index contributed by atoms with van der Waals surface area (Å²) < 4.78 is 30.5. The van der Waals surface area contributed by atoms with Gasteiger partial charge in [-0.3, -0.25) is 0 Å². The average Bonchev–Trinajstić information content (AvgIpc) is 2.47. The van der Waals surface area contributed by atoms with Crippen LogP contribution in [0.1, 0.15) is 0 Å². The summed E-state index contributed by atoms with van der Waals surface area (Å²) >= 11 is 5.92. The van der Waals surface area contributed by atoms with E-state index in [0.29, 0.717) is 25.6 Å². The lowest BCUT2D eigenvalue weighted by molar-refractivity contribution is 0.0994. The van der Waals surface area contributed by atoms with Crippen LogP contribution in [0.4, 0.5) is 5.82 Å². The van der Waals surface area contributed by atoms with E-state index in [1.165, 1.54) is 24.6 Å². The minimum Gasteiger partial charge on any atom is -0.377 e. The lowest BCUT2D eigenvalue weighted by Gasteiger charge is -2.35. The van der Waals surface area contributed by atoms with E-state index in [1.54, 1.807) is 12.1 Å². The summed E-state index contributed by atoms with van der Waals surface area (Å²) in [5, 5.41) is 0. The van der Waals surface area contributed by atoms with Gasteiger partial charge in [0.1, 0.15) is 10.7 Å². The van der Waals surface area contributed by atoms with Crippen molar-refractivity contribution in [2.45, 2.75) is 10.9 Å². The fourth-order valence-corrected chi connectivity index (χ4v) is 3.09. The summed E-state index contributed by atoms with van der Waals surface area (Å²) in [5.41, 5.74) is 0. The predicted molar refractivity (Wildman–Crippen MR) is 77.8 cm³/mol. The van der Waals surface area contributed by atoms with Crippen LogP contribution in [-0.4, -0.2) is 63.5 Å². The summed E-state index contributed by atoms with van der Waals surface area (Å²) in [5.74, 6) is 1.16. The number of hydrogen-bond donors (Lipinski definition) is 0. The van der Waals surface area contributed by atoms with E-state index < -0.39 is 10.0 Å². The second-order valence-electron chi connectivity index (χ2n) is 4.72. The van der Waals surface area contributed by atoms with Crippen molar-refractivity contribution >= 4 is 27.4 Å². The van der Waals surface area contributed by atoms with Crippen LogP contribution < -0.4 is 4.90 Å². The summed E-state index contributed by atoms with van der Waals surface area (Å²) in [6.07, 6.45) is 1.38. The zero-order valence-corrected chi connectivity index (χ0v) is 13.1. The van der Waals surface area contributed by atoms with Crippen molar-refractivity contribution in [1.29, 1.82) is 0 Å². The summed E-state index contributed by atoms with van der Waals surface area (Å²) in [6.45, 7) is 1.87. The number of aromatic nitrogens is 1. The van der Waals surface area contributed by atoms with Crippen LogP contribution in [0.2, 0.25) is 0 Å². The van der Waals surface area contributed by atoms with E-state index in [-0.39, 0.29) is 10.9 Å². The monoisotopic (exact) mass is 319 g/mol. The van der Waals surface area contributed by atoms with E-state index in [0.717, 1.165) is 5.82 Å². The van der Waals surface area contributed by atoms with Crippen molar-refractivity contribution < 1.29 is 13.2 Å². The Labute approximate surface area is 124 Å². The SMILES string of the molecule is CN(C)S(=O)(=O)c1ccc(N2CCOCC2CCl)nc1. The number of ether oxygens (including phenoxy) is 1. The van der Waals surface area contributed by atoms with Crippen molar-refractivity contribution in [2.75, 3.05) is 44.6 Å². The van der Waals surface area contributed by atoms with Gasteiger partial charge >= 0.3 is 0 Å². The third-order valence-electron chi connectivity index (χ3n) is 3.20. The number of alkyl halides is 1. The first-order valence-electron chi connectivity index (χ1n) is 6.25. The van der Waals surface area contributed by atoms with Crippen LogP contribution in [-0.2, 0) is 14.8 Å². The molecule has 1 saturated heterocycles. The Balaban J connectivity index is 2.24. The fourth-order valence-electron chi connectivity index (χ4n) is 1.99. The van der Waals surface area contributed by atoms with Gasteiger partial charge in [0, 0.05) is 32.7 Å². The summed E-state index contributed by atoms with van der Waals surface area (Å²) in [4.78, 5) is 6.48. The van der Waals surface area contributed by atoms with Crippen molar-refractivity contribution in [2.24, 2.45) is 0 Å². The molecule has 1 aliphatic heterocycles. The zero-order chi connectivity index (χ0) is 14.8. The molecule has 0 bridgehead atoms. The third-order valence-corrected chi connectivity index (χ3v) is 5.35. The number of nitrogens with zero attached hydrogens (tertiary/aromatic N) is 3. The van der Waals surface area contributed by atoms with Crippen molar-refractivity contribution in [3.63, 3.8) is 0 Å². The van der Waals surface area contributed by atoms with Gasteiger partial charge in [0.25, 0.3) is 0 Å².